The number of rotatable bonds is 2. The van der Waals surface area contributed by atoms with Gasteiger partial charge in [0.2, 0.25) is 5.43 Å². The van der Waals surface area contributed by atoms with Gasteiger partial charge in [0.25, 0.3) is 0 Å². The molecule has 1 aliphatic heterocycles. The fourth-order valence-corrected chi connectivity index (χ4v) is 1.80. The van der Waals surface area contributed by atoms with Gasteiger partial charge in [0.1, 0.15) is 0 Å². The zero-order valence-electron chi connectivity index (χ0n) is 9.35. The van der Waals surface area contributed by atoms with Crippen LogP contribution >= 0.6 is 0 Å². The van der Waals surface area contributed by atoms with E-state index in [0.717, 1.165) is 38.5 Å². The third-order valence-corrected chi connectivity index (χ3v) is 2.81. The van der Waals surface area contributed by atoms with Crippen molar-refractivity contribution in [3.05, 3.63) is 28.2 Å². The third-order valence-electron chi connectivity index (χ3n) is 2.81. The van der Waals surface area contributed by atoms with Crippen molar-refractivity contribution >= 4 is 0 Å². The van der Waals surface area contributed by atoms with Gasteiger partial charge in [0.05, 0.1) is 13.2 Å². The van der Waals surface area contributed by atoms with Crippen LogP contribution in [-0.4, -0.2) is 40.9 Å². The Labute approximate surface area is 93.9 Å². The fraction of sp³-hybridized carbons (Fsp3) is 0.545. The summed E-state index contributed by atoms with van der Waals surface area (Å²) in [6, 6.07) is 1.49. The molecule has 5 heteroatoms. The molecule has 1 fully saturated rings. The Bertz CT molecular complexity index is 422. The molecule has 5 nitrogen and oxygen atoms in total. The summed E-state index contributed by atoms with van der Waals surface area (Å²) < 4.78 is 7.04. The molecule has 1 saturated heterocycles. The first-order valence-corrected chi connectivity index (χ1v) is 5.35. The summed E-state index contributed by atoms with van der Waals surface area (Å²) in [6.45, 7) is 3.97. The molecule has 1 N–H and O–H groups in total. The zero-order valence-corrected chi connectivity index (χ0v) is 9.35. The highest BCUT2D eigenvalue weighted by molar-refractivity contribution is 5.20. The van der Waals surface area contributed by atoms with E-state index in [1.807, 2.05) is 7.05 Å². The van der Waals surface area contributed by atoms with Gasteiger partial charge >= 0.3 is 0 Å². The first kappa shape index (κ1) is 11.2. The van der Waals surface area contributed by atoms with E-state index in [0.29, 0.717) is 0 Å². The molecule has 0 spiro atoms. The lowest BCUT2D eigenvalue weighted by atomic mass is 10.3. The Kier molecular flexibility index (Phi) is 3.26. The molecule has 88 valence electrons. The first-order valence-electron chi connectivity index (χ1n) is 5.35. The Hall–Kier alpha value is -1.33. The second-order valence-corrected chi connectivity index (χ2v) is 4.01. The number of nitrogens with zero attached hydrogens (tertiary/aromatic N) is 2. The number of hydrogen-bond donors (Lipinski definition) is 1. The summed E-state index contributed by atoms with van der Waals surface area (Å²) in [5, 5.41) is 9.26. The molecule has 0 aliphatic carbocycles. The molecule has 1 aromatic rings. The molecule has 1 aliphatic rings. The van der Waals surface area contributed by atoms with Crippen molar-refractivity contribution in [1.29, 1.82) is 0 Å². The Morgan fingerprint density at radius 3 is 2.81 bits per heavy atom. The minimum atomic E-state index is -0.318. The minimum Gasteiger partial charge on any atom is -0.503 e. The van der Waals surface area contributed by atoms with Crippen LogP contribution in [-0.2, 0) is 18.3 Å². The van der Waals surface area contributed by atoms with Gasteiger partial charge in [-0.2, -0.15) is 0 Å². The summed E-state index contributed by atoms with van der Waals surface area (Å²) in [5.74, 6) is -0.201. The number of ether oxygens (including phenoxy) is 1. The van der Waals surface area contributed by atoms with E-state index < -0.39 is 0 Å². The van der Waals surface area contributed by atoms with Gasteiger partial charge in [-0.3, -0.25) is 9.69 Å². The summed E-state index contributed by atoms with van der Waals surface area (Å²) >= 11 is 0. The Balaban J connectivity index is 2.14. The summed E-state index contributed by atoms with van der Waals surface area (Å²) in [5.41, 5.74) is 0.589. The van der Waals surface area contributed by atoms with Gasteiger partial charge in [-0.1, -0.05) is 0 Å². The number of aromatic hydroxyl groups is 1. The highest BCUT2D eigenvalue weighted by Gasteiger charge is 2.12. The predicted octanol–water partition coefficient (Wildman–Crippen LogP) is -0.0769. The van der Waals surface area contributed by atoms with Crippen molar-refractivity contribution in [1.82, 2.24) is 9.47 Å². The topological polar surface area (TPSA) is 54.7 Å². The Morgan fingerprint density at radius 2 is 2.12 bits per heavy atom. The standard InChI is InChI=1S/C11H16N2O3/c1-12-8-11(15)10(14)6-9(12)7-13-2-4-16-5-3-13/h6,8,15H,2-5,7H2,1H3. The van der Waals surface area contributed by atoms with Crippen LogP contribution in [0.5, 0.6) is 5.75 Å². The van der Waals surface area contributed by atoms with E-state index in [4.69, 9.17) is 4.74 Å². The molecule has 0 radical (unpaired) electrons. The summed E-state index contributed by atoms with van der Waals surface area (Å²) in [7, 11) is 1.83. The maximum atomic E-state index is 11.3. The average Bonchev–Trinajstić information content (AvgIpc) is 2.27. The molecule has 0 saturated carbocycles. The van der Waals surface area contributed by atoms with Crippen molar-refractivity contribution in [2.24, 2.45) is 7.05 Å². The van der Waals surface area contributed by atoms with Crippen molar-refractivity contribution in [2.45, 2.75) is 6.54 Å². The SMILES string of the molecule is Cn1cc(O)c(=O)cc1CN1CCOCC1. The van der Waals surface area contributed by atoms with Crippen LogP contribution in [0.15, 0.2) is 17.1 Å². The quantitative estimate of drug-likeness (QED) is 0.763. The smallest absolute Gasteiger partial charge is 0.223 e. The number of aromatic nitrogens is 1. The van der Waals surface area contributed by atoms with Gasteiger partial charge in [-0.05, 0) is 0 Å². The van der Waals surface area contributed by atoms with Crippen molar-refractivity contribution in [3.8, 4) is 5.75 Å². The minimum absolute atomic E-state index is 0.201. The Morgan fingerprint density at radius 1 is 1.44 bits per heavy atom. The van der Waals surface area contributed by atoms with Crippen LogP contribution in [0, 0.1) is 0 Å². The second-order valence-electron chi connectivity index (χ2n) is 4.01. The van der Waals surface area contributed by atoms with E-state index in [1.54, 1.807) is 4.57 Å². The molecule has 0 amide bonds. The van der Waals surface area contributed by atoms with Crippen LogP contribution in [0.3, 0.4) is 0 Å². The van der Waals surface area contributed by atoms with Crippen LogP contribution < -0.4 is 5.43 Å². The molecule has 0 unspecified atom stereocenters. The van der Waals surface area contributed by atoms with Gasteiger partial charge in [0, 0.05) is 44.6 Å². The van der Waals surface area contributed by atoms with E-state index >= 15 is 0 Å². The maximum absolute atomic E-state index is 11.3. The highest BCUT2D eigenvalue weighted by atomic mass is 16.5. The lowest BCUT2D eigenvalue weighted by Gasteiger charge is -2.27. The van der Waals surface area contributed by atoms with Crippen LogP contribution in [0.1, 0.15) is 5.69 Å². The molecule has 0 bridgehead atoms. The van der Waals surface area contributed by atoms with E-state index in [9.17, 15) is 9.90 Å². The molecule has 1 aromatic heterocycles. The lowest BCUT2D eigenvalue weighted by molar-refractivity contribution is 0.0332. The molecule has 2 rings (SSSR count). The number of pyridine rings is 1. The summed E-state index contributed by atoms with van der Waals surface area (Å²) in [6.07, 6.45) is 1.46. The molecular formula is C11H16N2O3. The fourth-order valence-electron chi connectivity index (χ4n) is 1.80. The summed E-state index contributed by atoms with van der Waals surface area (Å²) in [4.78, 5) is 13.6. The van der Waals surface area contributed by atoms with Crippen molar-refractivity contribution in [2.75, 3.05) is 26.3 Å². The zero-order chi connectivity index (χ0) is 11.5. The molecule has 0 atom stereocenters. The van der Waals surface area contributed by atoms with Gasteiger partial charge in [0.15, 0.2) is 5.75 Å². The van der Waals surface area contributed by atoms with Gasteiger partial charge < -0.3 is 14.4 Å². The lowest BCUT2D eigenvalue weighted by Crippen LogP contribution is -2.36. The molecule has 0 aromatic carbocycles. The van der Waals surface area contributed by atoms with Gasteiger partial charge in [-0.25, -0.2) is 0 Å². The van der Waals surface area contributed by atoms with Crippen molar-refractivity contribution < 1.29 is 9.84 Å². The first-order chi connectivity index (χ1) is 7.66. The molecular weight excluding hydrogens is 208 g/mol. The average molecular weight is 224 g/mol. The predicted molar refractivity (Wildman–Crippen MR) is 59.4 cm³/mol. The van der Waals surface area contributed by atoms with Crippen molar-refractivity contribution in [3.63, 3.8) is 0 Å². The van der Waals surface area contributed by atoms with Gasteiger partial charge in [-0.15, -0.1) is 0 Å². The van der Waals surface area contributed by atoms with E-state index in [1.165, 1.54) is 12.3 Å². The molecule has 2 heterocycles. The number of morpholine rings is 1. The normalized spacial score (nSPS) is 17.6. The monoisotopic (exact) mass is 224 g/mol. The number of aryl methyl sites for hydroxylation is 1. The van der Waals surface area contributed by atoms with Crippen LogP contribution in [0.25, 0.3) is 0 Å². The van der Waals surface area contributed by atoms with E-state index in [-0.39, 0.29) is 11.2 Å². The second kappa shape index (κ2) is 4.67. The number of hydrogen-bond acceptors (Lipinski definition) is 4. The highest BCUT2D eigenvalue weighted by Crippen LogP contribution is 2.07. The maximum Gasteiger partial charge on any atom is 0.223 e. The largest absolute Gasteiger partial charge is 0.503 e. The third kappa shape index (κ3) is 2.43. The van der Waals surface area contributed by atoms with E-state index in [2.05, 4.69) is 4.90 Å². The van der Waals surface area contributed by atoms with Crippen LogP contribution in [0.4, 0.5) is 0 Å². The van der Waals surface area contributed by atoms with Crippen LogP contribution in [0.2, 0.25) is 0 Å². The molecule has 16 heavy (non-hydrogen) atoms.